The average Bonchev–Trinajstić information content (AvgIpc) is 2.57. The van der Waals surface area contributed by atoms with Gasteiger partial charge in [0.1, 0.15) is 0 Å². The second-order valence-corrected chi connectivity index (χ2v) is 6.58. The van der Waals surface area contributed by atoms with E-state index in [0.717, 1.165) is 12.8 Å². The van der Waals surface area contributed by atoms with Crippen LogP contribution in [0.4, 0.5) is 0 Å². The molecule has 0 saturated heterocycles. The fourth-order valence-corrected chi connectivity index (χ4v) is 1.94. The molecule has 0 rings (SSSR count). The molecule has 0 aromatic rings. The molecule has 0 bridgehead atoms. The summed E-state index contributed by atoms with van der Waals surface area (Å²) < 4.78 is 10.5. The van der Waals surface area contributed by atoms with Gasteiger partial charge in [-0.3, -0.25) is 4.79 Å². The van der Waals surface area contributed by atoms with Crippen LogP contribution in [-0.2, 0) is 14.3 Å². The first-order chi connectivity index (χ1) is 11.8. The molecule has 0 aromatic carbocycles. The van der Waals surface area contributed by atoms with E-state index in [-0.39, 0.29) is 18.8 Å². The zero-order valence-electron chi connectivity index (χ0n) is 16.6. The summed E-state index contributed by atoms with van der Waals surface area (Å²) in [6, 6.07) is 0. The van der Waals surface area contributed by atoms with Gasteiger partial charge in [-0.15, -0.1) is 0 Å². The second-order valence-electron chi connectivity index (χ2n) is 6.58. The minimum atomic E-state index is -0.663. The molecule has 0 aliphatic rings. The summed E-state index contributed by atoms with van der Waals surface area (Å²) in [5.74, 6) is -0.663. The number of carbonyl (C=O) groups is 1. The molecule has 6 nitrogen and oxygen atoms in total. The van der Waals surface area contributed by atoms with E-state index in [0.29, 0.717) is 19.6 Å². The topological polar surface area (TPSA) is 96.2 Å². The maximum absolute atomic E-state index is 10.1. The van der Waals surface area contributed by atoms with Crippen LogP contribution in [-0.4, -0.2) is 59.4 Å². The molecule has 0 radical (unpaired) electrons. The van der Waals surface area contributed by atoms with E-state index >= 15 is 0 Å². The van der Waals surface area contributed by atoms with Crippen molar-refractivity contribution in [3.8, 4) is 0 Å². The predicted molar refractivity (Wildman–Crippen MR) is 99.8 cm³/mol. The van der Waals surface area contributed by atoms with Crippen LogP contribution in [0.25, 0.3) is 0 Å². The molecule has 0 spiro atoms. The fraction of sp³-hybridized carbons (Fsp3) is 0.947. The van der Waals surface area contributed by atoms with E-state index < -0.39 is 12.1 Å². The molecule has 25 heavy (non-hydrogen) atoms. The molecule has 0 amide bonds. The van der Waals surface area contributed by atoms with Gasteiger partial charge in [-0.1, -0.05) is 45.4 Å². The molecule has 0 heterocycles. The highest BCUT2D eigenvalue weighted by molar-refractivity contribution is 5.66. The van der Waals surface area contributed by atoms with Crippen molar-refractivity contribution < 1.29 is 29.6 Å². The summed E-state index contributed by atoms with van der Waals surface area (Å²) >= 11 is 0. The zero-order valence-corrected chi connectivity index (χ0v) is 16.6. The van der Waals surface area contributed by atoms with Gasteiger partial charge in [0.2, 0.25) is 0 Å². The highest BCUT2D eigenvalue weighted by Gasteiger charge is 2.07. The number of rotatable bonds is 15. The van der Waals surface area contributed by atoms with Crippen molar-refractivity contribution in [3.05, 3.63) is 0 Å². The Kier molecular flexibility index (Phi) is 20.8. The van der Waals surface area contributed by atoms with Gasteiger partial charge in [-0.2, -0.15) is 0 Å². The Morgan fingerprint density at radius 3 is 1.88 bits per heavy atom. The van der Waals surface area contributed by atoms with Crippen LogP contribution < -0.4 is 0 Å². The Bertz CT molecular complexity index is 283. The number of carboxylic acids is 1. The molecular formula is C19H40O6. The highest BCUT2D eigenvalue weighted by Crippen LogP contribution is 2.07. The number of aliphatic carboxylic acids is 1. The quantitative estimate of drug-likeness (QED) is 0.386. The summed E-state index contributed by atoms with van der Waals surface area (Å²) in [6.45, 7) is 8.30. The van der Waals surface area contributed by atoms with Crippen LogP contribution in [0.1, 0.15) is 79.1 Å². The van der Waals surface area contributed by atoms with Crippen molar-refractivity contribution >= 4 is 5.97 Å². The molecule has 3 unspecified atom stereocenters. The summed E-state index contributed by atoms with van der Waals surface area (Å²) in [5, 5.41) is 25.9. The summed E-state index contributed by atoms with van der Waals surface area (Å²) in [4.78, 5) is 10.1. The molecule has 0 saturated carbocycles. The van der Waals surface area contributed by atoms with E-state index in [1.54, 1.807) is 13.8 Å². The van der Waals surface area contributed by atoms with Crippen molar-refractivity contribution in [1.82, 2.24) is 0 Å². The smallest absolute Gasteiger partial charge is 0.303 e. The lowest BCUT2D eigenvalue weighted by Crippen LogP contribution is -2.24. The number of hydrogen-bond acceptors (Lipinski definition) is 5. The Balaban J connectivity index is 0. The van der Waals surface area contributed by atoms with Gasteiger partial charge in [0, 0.05) is 6.42 Å². The number of hydrogen-bond donors (Lipinski definition) is 3. The lowest BCUT2D eigenvalue weighted by atomic mass is 10.1. The Morgan fingerprint density at radius 1 is 0.880 bits per heavy atom. The average molecular weight is 365 g/mol. The van der Waals surface area contributed by atoms with Gasteiger partial charge in [0.05, 0.1) is 38.1 Å². The van der Waals surface area contributed by atoms with E-state index in [1.165, 1.54) is 32.1 Å². The summed E-state index contributed by atoms with van der Waals surface area (Å²) in [6.07, 6.45) is 7.99. The van der Waals surface area contributed by atoms with Gasteiger partial charge in [0.25, 0.3) is 0 Å². The normalized spacial score (nSPS) is 14.3. The van der Waals surface area contributed by atoms with Crippen LogP contribution in [0.2, 0.25) is 0 Å². The van der Waals surface area contributed by atoms with Crippen molar-refractivity contribution in [2.75, 3.05) is 19.8 Å². The van der Waals surface area contributed by atoms with Crippen LogP contribution in [0, 0.1) is 0 Å². The first-order valence-electron chi connectivity index (χ1n) is 9.57. The third-order valence-electron chi connectivity index (χ3n) is 3.49. The number of carboxylic acid groups (broad SMARTS) is 1. The lowest BCUT2D eigenvalue weighted by molar-refractivity contribution is -0.137. The lowest BCUT2D eigenvalue weighted by Gasteiger charge is -2.16. The van der Waals surface area contributed by atoms with Crippen molar-refractivity contribution in [1.29, 1.82) is 0 Å². The number of aliphatic hydroxyl groups excluding tert-OH is 2. The molecule has 3 atom stereocenters. The summed E-state index contributed by atoms with van der Waals surface area (Å²) in [5.41, 5.74) is 0. The van der Waals surface area contributed by atoms with Gasteiger partial charge >= 0.3 is 5.97 Å². The molecule has 6 heteroatoms. The fourth-order valence-electron chi connectivity index (χ4n) is 1.94. The van der Waals surface area contributed by atoms with Crippen LogP contribution in [0.3, 0.4) is 0 Å². The Morgan fingerprint density at radius 2 is 1.40 bits per heavy atom. The number of ether oxygens (including phenoxy) is 2. The standard InChI is InChI=1S/C10H20O2.C9H20O4/c1-2-3-4-5-6-7-8-9-10(11)12;1-7(11)5-12-9(3)6-13-8(2)4-10/h2-9H2,1H3,(H,11,12);7-11H,4-6H2,1-3H3. The van der Waals surface area contributed by atoms with E-state index in [9.17, 15) is 4.79 Å². The van der Waals surface area contributed by atoms with Gasteiger partial charge in [-0.05, 0) is 27.2 Å². The van der Waals surface area contributed by atoms with Crippen molar-refractivity contribution in [2.45, 2.75) is 97.4 Å². The molecule has 152 valence electrons. The minimum absolute atomic E-state index is 0.0170. The van der Waals surface area contributed by atoms with Crippen molar-refractivity contribution in [3.63, 3.8) is 0 Å². The van der Waals surface area contributed by atoms with Crippen LogP contribution in [0.15, 0.2) is 0 Å². The van der Waals surface area contributed by atoms with Gasteiger partial charge < -0.3 is 24.8 Å². The first kappa shape index (κ1) is 26.5. The monoisotopic (exact) mass is 364 g/mol. The molecule has 3 N–H and O–H groups in total. The highest BCUT2D eigenvalue weighted by atomic mass is 16.5. The molecule has 0 aromatic heterocycles. The minimum Gasteiger partial charge on any atom is -0.481 e. The van der Waals surface area contributed by atoms with E-state index in [1.807, 2.05) is 6.92 Å². The third kappa shape index (κ3) is 25.7. The van der Waals surface area contributed by atoms with Gasteiger partial charge in [-0.25, -0.2) is 0 Å². The SMILES string of the molecule is CC(O)COC(C)COC(C)CO.CCCCCCCCCC(=O)O. The summed E-state index contributed by atoms with van der Waals surface area (Å²) in [7, 11) is 0. The van der Waals surface area contributed by atoms with Crippen LogP contribution >= 0.6 is 0 Å². The zero-order chi connectivity index (χ0) is 19.5. The second kappa shape index (κ2) is 19.6. The largest absolute Gasteiger partial charge is 0.481 e. The third-order valence-corrected chi connectivity index (χ3v) is 3.49. The molecule has 0 aliphatic heterocycles. The van der Waals surface area contributed by atoms with Crippen molar-refractivity contribution in [2.24, 2.45) is 0 Å². The van der Waals surface area contributed by atoms with Crippen LogP contribution in [0.5, 0.6) is 0 Å². The Hall–Kier alpha value is -0.690. The maximum Gasteiger partial charge on any atom is 0.303 e. The van der Waals surface area contributed by atoms with Gasteiger partial charge in [0.15, 0.2) is 0 Å². The Labute approximate surface area is 153 Å². The number of unbranched alkanes of at least 4 members (excludes halogenated alkanes) is 6. The van der Waals surface area contributed by atoms with E-state index in [2.05, 4.69) is 6.92 Å². The molecule has 0 fully saturated rings. The van der Waals surface area contributed by atoms with E-state index in [4.69, 9.17) is 24.8 Å². The maximum atomic E-state index is 10.1. The number of aliphatic hydroxyl groups is 2. The predicted octanol–water partition coefficient (Wildman–Crippen LogP) is 3.38. The molecule has 0 aliphatic carbocycles. The molecular weight excluding hydrogens is 324 g/mol. The first-order valence-corrected chi connectivity index (χ1v) is 9.57.